The highest BCUT2D eigenvalue weighted by Gasteiger charge is 2.53. The Morgan fingerprint density at radius 1 is 1.24 bits per heavy atom. The Labute approximate surface area is 108 Å². The molecule has 1 rings (SSSR count). The van der Waals surface area contributed by atoms with E-state index in [0.717, 1.165) is 6.54 Å². The van der Waals surface area contributed by atoms with Crippen LogP contribution in [-0.4, -0.2) is 24.8 Å². The van der Waals surface area contributed by atoms with Crippen LogP contribution in [0, 0.1) is 5.41 Å². The normalized spacial score (nSPS) is 28.8. The fourth-order valence-electron chi connectivity index (χ4n) is 3.42. The van der Waals surface area contributed by atoms with Crippen LogP contribution in [0.2, 0.25) is 0 Å². The molecule has 0 radical (unpaired) electrons. The van der Waals surface area contributed by atoms with Crippen LogP contribution in [-0.2, 0) is 4.74 Å². The number of nitrogens with one attached hydrogen (secondary N) is 1. The van der Waals surface area contributed by atoms with Crippen molar-refractivity contribution >= 4 is 0 Å². The molecule has 0 aliphatic heterocycles. The van der Waals surface area contributed by atoms with Gasteiger partial charge in [-0.05, 0) is 39.2 Å². The highest BCUT2D eigenvalue weighted by atomic mass is 16.5. The van der Waals surface area contributed by atoms with Crippen LogP contribution in [0.25, 0.3) is 0 Å². The van der Waals surface area contributed by atoms with Crippen molar-refractivity contribution in [2.24, 2.45) is 5.41 Å². The Morgan fingerprint density at radius 2 is 1.88 bits per heavy atom. The van der Waals surface area contributed by atoms with Crippen molar-refractivity contribution < 1.29 is 4.74 Å². The van der Waals surface area contributed by atoms with Gasteiger partial charge >= 0.3 is 0 Å². The molecule has 102 valence electrons. The predicted octanol–water partition coefficient (Wildman–Crippen LogP) is 3.75. The van der Waals surface area contributed by atoms with E-state index in [2.05, 4.69) is 39.9 Å². The molecule has 0 aromatic carbocycles. The molecule has 1 aliphatic rings. The molecule has 0 aromatic heterocycles. The molecule has 0 spiro atoms. The zero-order valence-electron chi connectivity index (χ0n) is 12.4. The molecule has 1 aliphatic carbocycles. The summed E-state index contributed by atoms with van der Waals surface area (Å²) in [6, 6.07) is 0.668. The molecule has 17 heavy (non-hydrogen) atoms. The molecule has 1 fully saturated rings. The summed E-state index contributed by atoms with van der Waals surface area (Å²) < 4.78 is 6.26. The van der Waals surface area contributed by atoms with Crippen LogP contribution in [0.1, 0.15) is 66.7 Å². The van der Waals surface area contributed by atoms with Gasteiger partial charge in [-0.25, -0.2) is 0 Å². The first kappa shape index (κ1) is 15.0. The molecule has 0 bridgehead atoms. The standard InChI is InChI=1S/C15H31NO/c1-6-10-12(5)17-14-11-13(16-9-4)15(14,7-2)8-3/h12-14,16H,6-11H2,1-5H3. The molecule has 3 unspecified atom stereocenters. The van der Waals surface area contributed by atoms with Crippen molar-refractivity contribution in [3.63, 3.8) is 0 Å². The summed E-state index contributed by atoms with van der Waals surface area (Å²) in [5.74, 6) is 0. The second kappa shape index (κ2) is 6.75. The van der Waals surface area contributed by atoms with E-state index in [4.69, 9.17) is 4.74 Å². The third-order valence-corrected chi connectivity index (χ3v) is 4.64. The minimum atomic E-state index is 0.387. The molecule has 0 heterocycles. The highest BCUT2D eigenvalue weighted by Crippen LogP contribution is 2.49. The van der Waals surface area contributed by atoms with Gasteiger partial charge in [-0.3, -0.25) is 0 Å². The van der Waals surface area contributed by atoms with Crippen molar-refractivity contribution in [2.75, 3.05) is 6.54 Å². The Balaban J connectivity index is 2.56. The van der Waals surface area contributed by atoms with Gasteiger partial charge in [0.2, 0.25) is 0 Å². The second-order valence-electron chi connectivity index (χ2n) is 5.51. The monoisotopic (exact) mass is 241 g/mol. The second-order valence-corrected chi connectivity index (χ2v) is 5.51. The smallest absolute Gasteiger partial charge is 0.0664 e. The maximum Gasteiger partial charge on any atom is 0.0664 e. The average Bonchev–Trinajstić information content (AvgIpc) is 2.30. The zero-order chi connectivity index (χ0) is 12.9. The summed E-state index contributed by atoms with van der Waals surface area (Å²) in [4.78, 5) is 0. The Kier molecular flexibility index (Phi) is 5.94. The Bertz CT molecular complexity index is 213. The fraction of sp³-hybridized carbons (Fsp3) is 1.00. The molecular weight excluding hydrogens is 210 g/mol. The number of rotatable bonds is 8. The molecule has 2 heteroatoms. The minimum absolute atomic E-state index is 0.387. The number of hydrogen-bond donors (Lipinski definition) is 1. The summed E-state index contributed by atoms with van der Waals surface area (Å²) in [5, 5.41) is 3.63. The lowest BCUT2D eigenvalue weighted by Crippen LogP contribution is -2.63. The molecule has 0 amide bonds. The van der Waals surface area contributed by atoms with Gasteiger partial charge in [-0.2, -0.15) is 0 Å². The average molecular weight is 241 g/mol. The van der Waals surface area contributed by atoms with Gasteiger partial charge in [-0.15, -0.1) is 0 Å². The topological polar surface area (TPSA) is 21.3 Å². The minimum Gasteiger partial charge on any atom is -0.375 e. The molecule has 1 N–H and O–H groups in total. The maximum absolute atomic E-state index is 6.26. The SMILES string of the molecule is CCCC(C)OC1CC(NCC)C1(CC)CC. The van der Waals surface area contributed by atoms with Crippen LogP contribution in [0.4, 0.5) is 0 Å². The summed E-state index contributed by atoms with van der Waals surface area (Å²) in [6.45, 7) is 12.4. The summed E-state index contributed by atoms with van der Waals surface area (Å²) >= 11 is 0. The third kappa shape index (κ3) is 3.03. The first-order chi connectivity index (χ1) is 8.14. The van der Waals surface area contributed by atoms with E-state index in [-0.39, 0.29) is 0 Å². The largest absolute Gasteiger partial charge is 0.375 e. The van der Waals surface area contributed by atoms with Crippen molar-refractivity contribution in [1.82, 2.24) is 5.32 Å². The first-order valence-electron chi connectivity index (χ1n) is 7.53. The first-order valence-corrected chi connectivity index (χ1v) is 7.53. The van der Waals surface area contributed by atoms with Crippen molar-refractivity contribution in [3.8, 4) is 0 Å². The van der Waals surface area contributed by atoms with Crippen LogP contribution in [0.5, 0.6) is 0 Å². The highest BCUT2D eigenvalue weighted by molar-refractivity contribution is 5.06. The van der Waals surface area contributed by atoms with E-state index >= 15 is 0 Å². The quantitative estimate of drug-likeness (QED) is 0.699. The summed E-state index contributed by atoms with van der Waals surface area (Å²) in [5.41, 5.74) is 0.387. The number of ether oxygens (including phenoxy) is 1. The fourth-order valence-corrected chi connectivity index (χ4v) is 3.42. The third-order valence-electron chi connectivity index (χ3n) is 4.64. The zero-order valence-corrected chi connectivity index (χ0v) is 12.4. The molecular formula is C15H31NO. The molecule has 0 aromatic rings. The van der Waals surface area contributed by atoms with Gasteiger partial charge in [0.25, 0.3) is 0 Å². The van der Waals surface area contributed by atoms with E-state index < -0.39 is 0 Å². The van der Waals surface area contributed by atoms with E-state index in [1.807, 2.05) is 0 Å². The van der Waals surface area contributed by atoms with Gasteiger partial charge in [-0.1, -0.05) is 34.1 Å². The lowest BCUT2D eigenvalue weighted by atomic mass is 9.58. The van der Waals surface area contributed by atoms with Gasteiger partial charge < -0.3 is 10.1 Å². The molecule has 2 nitrogen and oxygen atoms in total. The van der Waals surface area contributed by atoms with Gasteiger partial charge in [0.15, 0.2) is 0 Å². The Hall–Kier alpha value is -0.0800. The van der Waals surface area contributed by atoms with Crippen molar-refractivity contribution in [1.29, 1.82) is 0 Å². The predicted molar refractivity (Wildman–Crippen MR) is 74.3 cm³/mol. The van der Waals surface area contributed by atoms with E-state index in [1.165, 1.54) is 32.1 Å². The van der Waals surface area contributed by atoms with Crippen LogP contribution in [0.3, 0.4) is 0 Å². The Morgan fingerprint density at radius 3 is 2.35 bits per heavy atom. The molecule has 0 saturated heterocycles. The van der Waals surface area contributed by atoms with Gasteiger partial charge in [0.05, 0.1) is 12.2 Å². The molecule has 3 atom stereocenters. The van der Waals surface area contributed by atoms with Crippen LogP contribution < -0.4 is 5.32 Å². The molecule has 1 saturated carbocycles. The van der Waals surface area contributed by atoms with E-state index in [9.17, 15) is 0 Å². The van der Waals surface area contributed by atoms with Gasteiger partial charge in [0.1, 0.15) is 0 Å². The van der Waals surface area contributed by atoms with E-state index in [1.54, 1.807) is 0 Å². The lowest BCUT2D eigenvalue weighted by Gasteiger charge is -2.56. The lowest BCUT2D eigenvalue weighted by molar-refractivity contribution is -0.163. The number of hydrogen-bond acceptors (Lipinski definition) is 2. The summed E-state index contributed by atoms with van der Waals surface area (Å²) in [6.07, 6.45) is 6.95. The van der Waals surface area contributed by atoms with Crippen molar-refractivity contribution in [2.45, 2.75) is 85.0 Å². The maximum atomic E-state index is 6.26. The van der Waals surface area contributed by atoms with Crippen LogP contribution in [0.15, 0.2) is 0 Å². The van der Waals surface area contributed by atoms with Crippen LogP contribution >= 0.6 is 0 Å². The van der Waals surface area contributed by atoms with Gasteiger partial charge in [0, 0.05) is 11.5 Å². The van der Waals surface area contributed by atoms with Crippen molar-refractivity contribution in [3.05, 3.63) is 0 Å². The van der Waals surface area contributed by atoms with E-state index in [0.29, 0.717) is 23.7 Å². The summed E-state index contributed by atoms with van der Waals surface area (Å²) in [7, 11) is 0.